The van der Waals surface area contributed by atoms with Gasteiger partial charge in [-0.15, -0.1) is 0 Å². The van der Waals surface area contributed by atoms with Crippen molar-refractivity contribution in [1.29, 1.82) is 0 Å². The van der Waals surface area contributed by atoms with Crippen LogP contribution >= 0.6 is 0 Å². The van der Waals surface area contributed by atoms with Crippen molar-refractivity contribution in [3.8, 4) is 11.1 Å². The molecule has 0 aliphatic heterocycles. The van der Waals surface area contributed by atoms with Crippen LogP contribution in [0.4, 0.5) is 5.69 Å². The van der Waals surface area contributed by atoms with E-state index in [2.05, 4.69) is 10.2 Å². The van der Waals surface area contributed by atoms with Gasteiger partial charge in [-0.2, -0.15) is 5.10 Å². The number of benzene rings is 1. The fourth-order valence-electron chi connectivity index (χ4n) is 1.53. The number of aryl methyl sites for hydroxylation is 1. The van der Waals surface area contributed by atoms with Gasteiger partial charge < -0.3 is 0 Å². The first-order valence-electron chi connectivity index (χ1n) is 4.43. The third kappa shape index (κ3) is 1.59. The summed E-state index contributed by atoms with van der Waals surface area (Å²) < 4.78 is 0. The Morgan fingerprint density at radius 1 is 1.47 bits per heavy atom. The SMILES string of the molecule is Cc1cccc(-c2cn[nH]c2)c1[N+](=O)[O-]. The highest BCUT2D eigenvalue weighted by Gasteiger charge is 2.18. The molecule has 0 unspecified atom stereocenters. The van der Waals surface area contributed by atoms with Crippen molar-refractivity contribution >= 4 is 5.69 Å². The van der Waals surface area contributed by atoms with Crippen LogP contribution in [0.15, 0.2) is 30.6 Å². The highest BCUT2D eigenvalue weighted by Crippen LogP contribution is 2.31. The van der Waals surface area contributed by atoms with Crippen LogP contribution in [0.2, 0.25) is 0 Å². The van der Waals surface area contributed by atoms with Crippen molar-refractivity contribution in [2.45, 2.75) is 6.92 Å². The van der Waals surface area contributed by atoms with Crippen molar-refractivity contribution in [3.05, 3.63) is 46.3 Å². The molecule has 0 aliphatic carbocycles. The van der Waals surface area contributed by atoms with Gasteiger partial charge in [0.1, 0.15) is 0 Å². The van der Waals surface area contributed by atoms with Gasteiger partial charge in [0.05, 0.1) is 16.7 Å². The molecule has 0 atom stereocenters. The summed E-state index contributed by atoms with van der Waals surface area (Å²) in [4.78, 5) is 10.5. The number of rotatable bonds is 2. The minimum Gasteiger partial charge on any atom is -0.285 e. The highest BCUT2D eigenvalue weighted by molar-refractivity contribution is 5.74. The summed E-state index contributed by atoms with van der Waals surface area (Å²) in [6.07, 6.45) is 3.21. The first kappa shape index (κ1) is 9.39. The second-order valence-corrected chi connectivity index (χ2v) is 3.22. The van der Waals surface area contributed by atoms with Crippen molar-refractivity contribution in [3.63, 3.8) is 0 Å². The second-order valence-electron chi connectivity index (χ2n) is 3.22. The highest BCUT2D eigenvalue weighted by atomic mass is 16.6. The third-order valence-electron chi connectivity index (χ3n) is 2.23. The maximum atomic E-state index is 10.9. The van der Waals surface area contributed by atoms with Gasteiger partial charge in [0.25, 0.3) is 5.69 Å². The number of para-hydroxylation sites is 1. The minimum atomic E-state index is -0.363. The largest absolute Gasteiger partial charge is 0.285 e. The number of nitro groups is 1. The maximum absolute atomic E-state index is 10.9. The van der Waals surface area contributed by atoms with Crippen LogP contribution in [-0.4, -0.2) is 15.1 Å². The molecule has 1 aromatic carbocycles. The quantitative estimate of drug-likeness (QED) is 0.601. The Morgan fingerprint density at radius 3 is 2.87 bits per heavy atom. The summed E-state index contributed by atoms with van der Waals surface area (Å²) >= 11 is 0. The number of aromatic nitrogens is 2. The van der Waals surface area contributed by atoms with Gasteiger partial charge in [0.2, 0.25) is 0 Å². The number of nitrogens with one attached hydrogen (secondary N) is 1. The molecule has 76 valence electrons. The Balaban J connectivity index is 2.66. The predicted octanol–water partition coefficient (Wildman–Crippen LogP) is 2.29. The zero-order chi connectivity index (χ0) is 10.8. The average Bonchev–Trinajstić information content (AvgIpc) is 2.69. The van der Waals surface area contributed by atoms with Gasteiger partial charge in [0, 0.05) is 17.3 Å². The Labute approximate surface area is 85.9 Å². The topological polar surface area (TPSA) is 71.8 Å². The number of hydrogen-bond donors (Lipinski definition) is 1. The summed E-state index contributed by atoms with van der Waals surface area (Å²) in [5, 5.41) is 17.3. The zero-order valence-corrected chi connectivity index (χ0v) is 8.10. The molecule has 1 heterocycles. The molecule has 1 aromatic heterocycles. The van der Waals surface area contributed by atoms with Gasteiger partial charge in [-0.05, 0) is 13.0 Å². The number of nitro benzene ring substituents is 1. The molecule has 0 fully saturated rings. The lowest BCUT2D eigenvalue weighted by molar-refractivity contribution is -0.384. The fraction of sp³-hybridized carbons (Fsp3) is 0.100. The molecule has 0 spiro atoms. The second kappa shape index (κ2) is 3.53. The molecule has 2 aromatic rings. The van der Waals surface area contributed by atoms with Crippen LogP contribution in [0.5, 0.6) is 0 Å². The third-order valence-corrected chi connectivity index (χ3v) is 2.23. The number of H-pyrrole nitrogens is 1. The molecule has 0 radical (unpaired) electrons. The van der Waals surface area contributed by atoms with Gasteiger partial charge in [-0.3, -0.25) is 15.2 Å². The van der Waals surface area contributed by atoms with Crippen molar-refractivity contribution in [1.82, 2.24) is 10.2 Å². The molecule has 2 rings (SSSR count). The molecule has 0 saturated heterocycles. The monoisotopic (exact) mass is 203 g/mol. The molecule has 1 N–H and O–H groups in total. The van der Waals surface area contributed by atoms with Crippen LogP contribution in [-0.2, 0) is 0 Å². The number of hydrogen-bond acceptors (Lipinski definition) is 3. The molecular formula is C10H9N3O2. The minimum absolute atomic E-state index is 0.138. The van der Waals surface area contributed by atoms with Crippen LogP contribution in [0, 0.1) is 17.0 Å². The van der Waals surface area contributed by atoms with Gasteiger partial charge in [0.15, 0.2) is 0 Å². The molecule has 0 aliphatic rings. The van der Waals surface area contributed by atoms with Crippen molar-refractivity contribution in [2.24, 2.45) is 0 Å². The Kier molecular flexibility index (Phi) is 2.21. The zero-order valence-electron chi connectivity index (χ0n) is 8.10. The van der Waals surface area contributed by atoms with Crippen LogP contribution < -0.4 is 0 Å². The Morgan fingerprint density at radius 2 is 2.27 bits per heavy atom. The van der Waals surface area contributed by atoms with E-state index >= 15 is 0 Å². The normalized spacial score (nSPS) is 10.2. The summed E-state index contributed by atoms with van der Waals surface area (Å²) in [6, 6.07) is 5.24. The predicted molar refractivity (Wildman–Crippen MR) is 55.4 cm³/mol. The summed E-state index contributed by atoms with van der Waals surface area (Å²) in [5.74, 6) is 0. The van der Waals surface area contributed by atoms with Gasteiger partial charge in [-0.25, -0.2) is 0 Å². The van der Waals surface area contributed by atoms with Crippen LogP contribution in [0.3, 0.4) is 0 Å². The first-order valence-corrected chi connectivity index (χ1v) is 4.43. The van der Waals surface area contributed by atoms with E-state index < -0.39 is 0 Å². The van der Waals surface area contributed by atoms with E-state index in [0.29, 0.717) is 11.1 Å². The van der Waals surface area contributed by atoms with E-state index in [9.17, 15) is 10.1 Å². The summed E-state index contributed by atoms with van der Waals surface area (Å²) in [6.45, 7) is 1.72. The van der Waals surface area contributed by atoms with Crippen molar-refractivity contribution < 1.29 is 4.92 Å². The first-order chi connectivity index (χ1) is 7.20. The standard InChI is InChI=1S/C10H9N3O2/c1-7-3-2-4-9(10(7)13(14)15)8-5-11-12-6-8/h2-6H,1H3,(H,11,12). The molecule has 0 saturated carbocycles. The maximum Gasteiger partial charge on any atom is 0.280 e. The van der Waals surface area contributed by atoms with Gasteiger partial charge >= 0.3 is 0 Å². The molecule has 5 nitrogen and oxygen atoms in total. The summed E-state index contributed by atoms with van der Waals surface area (Å²) in [5.41, 5.74) is 2.11. The van der Waals surface area contributed by atoms with E-state index in [1.165, 1.54) is 0 Å². The lowest BCUT2D eigenvalue weighted by Crippen LogP contribution is -1.94. The van der Waals surface area contributed by atoms with Crippen molar-refractivity contribution in [2.75, 3.05) is 0 Å². The van der Waals surface area contributed by atoms with Gasteiger partial charge in [-0.1, -0.05) is 12.1 Å². The lowest BCUT2D eigenvalue weighted by Gasteiger charge is -2.02. The Hall–Kier alpha value is -2.17. The number of nitrogens with zero attached hydrogens (tertiary/aromatic N) is 2. The molecule has 15 heavy (non-hydrogen) atoms. The smallest absolute Gasteiger partial charge is 0.280 e. The van der Waals surface area contributed by atoms with Crippen LogP contribution in [0.1, 0.15) is 5.56 Å². The van der Waals surface area contributed by atoms with E-state index in [0.717, 1.165) is 5.56 Å². The van der Waals surface area contributed by atoms with E-state index in [1.807, 2.05) is 0 Å². The van der Waals surface area contributed by atoms with E-state index in [1.54, 1.807) is 37.5 Å². The number of aromatic amines is 1. The average molecular weight is 203 g/mol. The molecular weight excluding hydrogens is 194 g/mol. The molecule has 0 bridgehead atoms. The fourth-order valence-corrected chi connectivity index (χ4v) is 1.53. The molecule has 0 amide bonds. The van der Waals surface area contributed by atoms with E-state index in [-0.39, 0.29) is 10.6 Å². The Bertz CT molecular complexity index is 491. The summed E-state index contributed by atoms with van der Waals surface area (Å²) in [7, 11) is 0. The lowest BCUT2D eigenvalue weighted by atomic mass is 10.0. The molecule has 5 heteroatoms. The van der Waals surface area contributed by atoms with E-state index in [4.69, 9.17) is 0 Å². The van der Waals surface area contributed by atoms with Crippen LogP contribution in [0.25, 0.3) is 11.1 Å².